The van der Waals surface area contributed by atoms with Crippen molar-refractivity contribution in [3.8, 4) is 0 Å². The monoisotopic (exact) mass is 170 g/mol. The first-order valence-corrected chi connectivity index (χ1v) is 4.39. The number of rotatable bonds is 1. The summed E-state index contributed by atoms with van der Waals surface area (Å²) in [6, 6.07) is 10.4. The first kappa shape index (κ1) is 8.18. The minimum atomic E-state index is 0.126. The summed E-state index contributed by atoms with van der Waals surface area (Å²) in [6.45, 7) is 2.15. The molecule has 0 bridgehead atoms. The van der Waals surface area contributed by atoms with E-state index >= 15 is 0 Å². The Bertz CT molecular complexity index is 198. The van der Waals surface area contributed by atoms with E-state index in [1.807, 2.05) is 6.07 Å². The van der Waals surface area contributed by atoms with Crippen molar-refractivity contribution in [2.45, 2.75) is 11.8 Å². The van der Waals surface area contributed by atoms with Crippen molar-refractivity contribution in [3.05, 3.63) is 35.9 Å². The average molecular weight is 170 g/mol. The van der Waals surface area contributed by atoms with Gasteiger partial charge in [0.15, 0.2) is 0 Å². The van der Waals surface area contributed by atoms with Crippen LogP contribution in [0.4, 0.5) is 0 Å². The maximum Gasteiger partial charge on any atom is 0.0210 e. The highest BCUT2D eigenvalue weighted by atomic mass is 31.1. The second-order valence-electron chi connectivity index (χ2n) is 2.65. The van der Waals surface area contributed by atoms with Crippen LogP contribution in [-0.4, -0.2) is 0 Å². The fourth-order valence-electron chi connectivity index (χ4n) is 0.797. The number of benzene rings is 1. The Balaban J connectivity index is 2.97. The van der Waals surface area contributed by atoms with Gasteiger partial charge in [-0.25, -0.2) is 0 Å². The van der Waals surface area contributed by atoms with Gasteiger partial charge in [0.1, 0.15) is 0 Å². The molecule has 1 rings (SSSR count). The molecule has 0 radical (unpaired) electrons. The topological polar surface area (TPSA) is 0 Å². The van der Waals surface area contributed by atoms with Gasteiger partial charge < -0.3 is 0 Å². The summed E-state index contributed by atoms with van der Waals surface area (Å²) in [5, 5.41) is 0. The van der Waals surface area contributed by atoms with Crippen LogP contribution in [0.1, 0.15) is 12.5 Å². The molecule has 0 nitrogen and oxygen atoms in total. The van der Waals surface area contributed by atoms with Crippen molar-refractivity contribution in [3.63, 3.8) is 0 Å². The lowest BCUT2D eigenvalue weighted by Crippen LogP contribution is -2.00. The molecule has 2 atom stereocenters. The van der Waals surface area contributed by atoms with Crippen molar-refractivity contribution in [1.82, 2.24) is 0 Å². The fourth-order valence-corrected chi connectivity index (χ4v) is 1.18. The van der Waals surface area contributed by atoms with Crippen LogP contribution < -0.4 is 0 Å². The van der Waals surface area contributed by atoms with Crippen molar-refractivity contribution in [1.29, 1.82) is 0 Å². The zero-order valence-corrected chi connectivity index (χ0v) is 8.35. The van der Waals surface area contributed by atoms with E-state index < -0.39 is 0 Å². The van der Waals surface area contributed by atoms with Crippen molar-refractivity contribution >= 4 is 18.5 Å². The van der Waals surface area contributed by atoms with Crippen molar-refractivity contribution in [2.75, 3.05) is 0 Å². The van der Waals surface area contributed by atoms with Crippen molar-refractivity contribution < 1.29 is 0 Å². The highest BCUT2D eigenvalue weighted by molar-refractivity contribution is 7.38. The van der Waals surface area contributed by atoms with Crippen LogP contribution in [-0.2, 0) is 4.90 Å². The predicted octanol–water partition coefficient (Wildman–Crippen LogP) is 2.61. The second kappa shape index (κ2) is 2.99. The highest BCUT2D eigenvalue weighted by Gasteiger charge is 2.11. The fraction of sp³-hybridized carbons (Fsp3) is 0.250. The van der Waals surface area contributed by atoms with Gasteiger partial charge in [-0.1, -0.05) is 30.3 Å². The molecule has 2 heteroatoms. The SMILES string of the molecule is CC(P)(P)c1ccccc1. The first-order valence-electron chi connectivity index (χ1n) is 3.24. The van der Waals surface area contributed by atoms with E-state index in [0.29, 0.717) is 0 Å². The molecule has 0 spiro atoms. The Labute approximate surface area is 66.8 Å². The van der Waals surface area contributed by atoms with E-state index in [1.54, 1.807) is 0 Å². The third-order valence-corrected chi connectivity index (χ3v) is 2.06. The van der Waals surface area contributed by atoms with Gasteiger partial charge in [-0.05, 0) is 12.5 Å². The molecule has 0 saturated carbocycles. The maximum absolute atomic E-state index is 2.79. The summed E-state index contributed by atoms with van der Waals surface area (Å²) in [7, 11) is 5.59. The summed E-state index contributed by atoms with van der Waals surface area (Å²) in [5.41, 5.74) is 1.32. The number of hydrogen-bond acceptors (Lipinski definition) is 0. The van der Waals surface area contributed by atoms with Crippen LogP contribution >= 0.6 is 18.5 Å². The lowest BCUT2D eigenvalue weighted by Gasteiger charge is -2.17. The molecule has 10 heavy (non-hydrogen) atoms. The quantitative estimate of drug-likeness (QED) is 0.568. The molecule has 1 aromatic rings. The Morgan fingerprint density at radius 1 is 1.10 bits per heavy atom. The lowest BCUT2D eigenvalue weighted by atomic mass is 10.2. The Morgan fingerprint density at radius 2 is 1.60 bits per heavy atom. The van der Waals surface area contributed by atoms with Crippen LogP contribution in [0.5, 0.6) is 0 Å². The molecular formula is C8H12P2. The third-order valence-electron chi connectivity index (χ3n) is 1.40. The van der Waals surface area contributed by atoms with Crippen LogP contribution in [0, 0.1) is 0 Å². The molecule has 0 aliphatic carbocycles. The summed E-state index contributed by atoms with van der Waals surface area (Å²) >= 11 is 0. The molecule has 0 amide bonds. The Kier molecular flexibility index (Phi) is 2.45. The zero-order chi connectivity index (χ0) is 7.61. The zero-order valence-electron chi connectivity index (χ0n) is 6.04. The summed E-state index contributed by atoms with van der Waals surface area (Å²) < 4.78 is 0. The predicted molar refractivity (Wildman–Crippen MR) is 53.2 cm³/mol. The van der Waals surface area contributed by atoms with Crippen molar-refractivity contribution in [2.24, 2.45) is 0 Å². The van der Waals surface area contributed by atoms with Gasteiger partial charge in [-0.15, -0.1) is 18.5 Å². The molecular weight excluding hydrogens is 158 g/mol. The molecule has 0 N–H and O–H groups in total. The lowest BCUT2D eigenvalue weighted by molar-refractivity contribution is 1.02. The van der Waals surface area contributed by atoms with Crippen LogP contribution in [0.3, 0.4) is 0 Å². The normalized spacial score (nSPS) is 11.5. The van der Waals surface area contributed by atoms with Gasteiger partial charge in [0.25, 0.3) is 0 Å². The van der Waals surface area contributed by atoms with Gasteiger partial charge >= 0.3 is 0 Å². The first-order chi connectivity index (χ1) is 4.61. The van der Waals surface area contributed by atoms with E-state index in [-0.39, 0.29) is 4.90 Å². The smallest absolute Gasteiger partial charge is 0.0210 e. The van der Waals surface area contributed by atoms with E-state index in [9.17, 15) is 0 Å². The second-order valence-corrected chi connectivity index (χ2v) is 5.71. The van der Waals surface area contributed by atoms with Crippen LogP contribution in [0.25, 0.3) is 0 Å². The van der Waals surface area contributed by atoms with E-state index in [2.05, 4.69) is 49.7 Å². The van der Waals surface area contributed by atoms with Gasteiger partial charge in [-0.2, -0.15) is 0 Å². The standard InChI is InChI=1S/C8H12P2/c1-8(9,10)7-5-3-2-4-6-7/h2-6H,9-10H2,1H3. The molecule has 0 aliphatic rings. The van der Waals surface area contributed by atoms with Crippen LogP contribution in [0.2, 0.25) is 0 Å². The molecule has 54 valence electrons. The minimum absolute atomic E-state index is 0.126. The maximum atomic E-state index is 2.79. The molecule has 0 saturated heterocycles. The Morgan fingerprint density at radius 3 is 1.90 bits per heavy atom. The van der Waals surface area contributed by atoms with E-state index in [0.717, 1.165) is 0 Å². The number of hydrogen-bond donors (Lipinski definition) is 0. The van der Waals surface area contributed by atoms with Gasteiger partial charge in [0.2, 0.25) is 0 Å². The minimum Gasteiger partial charge on any atom is -0.123 e. The van der Waals surface area contributed by atoms with Gasteiger partial charge in [0.05, 0.1) is 0 Å². The molecule has 0 aromatic heterocycles. The molecule has 0 heterocycles. The molecule has 1 aromatic carbocycles. The van der Waals surface area contributed by atoms with Gasteiger partial charge in [-0.3, -0.25) is 0 Å². The van der Waals surface area contributed by atoms with E-state index in [1.165, 1.54) is 5.56 Å². The van der Waals surface area contributed by atoms with E-state index in [4.69, 9.17) is 0 Å². The average Bonchev–Trinajstić information content (AvgIpc) is 1.88. The molecule has 0 fully saturated rings. The highest BCUT2D eigenvalue weighted by Crippen LogP contribution is 2.37. The largest absolute Gasteiger partial charge is 0.123 e. The molecule has 2 unspecified atom stereocenters. The summed E-state index contributed by atoms with van der Waals surface area (Å²) in [4.78, 5) is 0.126. The van der Waals surface area contributed by atoms with Gasteiger partial charge in [0, 0.05) is 4.90 Å². The third kappa shape index (κ3) is 2.04. The Hall–Kier alpha value is 0.0800. The molecule has 0 aliphatic heterocycles. The summed E-state index contributed by atoms with van der Waals surface area (Å²) in [6.07, 6.45) is 0. The van der Waals surface area contributed by atoms with Crippen LogP contribution in [0.15, 0.2) is 30.3 Å². The summed E-state index contributed by atoms with van der Waals surface area (Å²) in [5.74, 6) is 0.